The normalized spacial score (nSPS) is 14.4. The van der Waals surface area contributed by atoms with Gasteiger partial charge in [0.25, 0.3) is 0 Å². The van der Waals surface area contributed by atoms with Crippen molar-refractivity contribution in [3.05, 3.63) is 65.7 Å². The molecule has 0 saturated heterocycles. The van der Waals surface area contributed by atoms with Gasteiger partial charge >= 0.3 is 0 Å². The van der Waals surface area contributed by atoms with Crippen molar-refractivity contribution in [1.82, 2.24) is 4.98 Å². The van der Waals surface area contributed by atoms with Crippen LogP contribution >= 0.6 is 23.1 Å². The Balaban J connectivity index is 1.64. The van der Waals surface area contributed by atoms with Crippen molar-refractivity contribution in [3.8, 4) is 11.1 Å². The second kappa shape index (κ2) is 8.72. The van der Waals surface area contributed by atoms with Gasteiger partial charge in [0, 0.05) is 21.7 Å². The fourth-order valence-corrected chi connectivity index (χ4v) is 5.56. The van der Waals surface area contributed by atoms with E-state index in [0.29, 0.717) is 16.8 Å². The molecule has 5 heteroatoms. The van der Waals surface area contributed by atoms with Crippen molar-refractivity contribution in [2.45, 2.75) is 42.2 Å². The Hall–Kier alpha value is -2.11. The number of hydrogen-bond acceptors (Lipinski definition) is 4. The molecule has 0 aliphatic heterocycles. The summed E-state index contributed by atoms with van der Waals surface area (Å²) in [4.78, 5) is 18.0. The van der Waals surface area contributed by atoms with Crippen molar-refractivity contribution in [2.24, 2.45) is 0 Å². The second-order valence-corrected chi connectivity index (χ2v) is 8.98. The van der Waals surface area contributed by atoms with E-state index in [2.05, 4.69) is 52.8 Å². The molecule has 1 aromatic heterocycles. The number of rotatable bonds is 6. The molecule has 0 radical (unpaired) electrons. The average molecular weight is 395 g/mol. The monoisotopic (exact) mass is 394 g/mol. The predicted molar refractivity (Wildman–Crippen MR) is 114 cm³/mol. The molecule has 1 heterocycles. The van der Waals surface area contributed by atoms with Crippen LogP contribution in [0.5, 0.6) is 0 Å². The molecule has 4 rings (SSSR count). The quantitative estimate of drug-likeness (QED) is 0.555. The number of nitrogens with zero attached hydrogens (tertiary/aromatic N) is 1. The second-order valence-electron chi connectivity index (χ2n) is 6.74. The fraction of sp³-hybridized carbons (Fsp3) is 0.273. The summed E-state index contributed by atoms with van der Waals surface area (Å²) in [6.45, 7) is 0. The molecule has 1 N–H and O–H groups in total. The Morgan fingerprint density at radius 3 is 2.67 bits per heavy atom. The van der Waals surface area contributed by atoms with Gasteiger partial charge in [-0.3, -0.25) is 4.79 Å². The maximum Gasteiger partial charge on any atom is 0.230 e. The summed E-state index contributed by atoms with van der Waals surface area (Å²) in [7, 11) is 0. The molecule has 0 spiro atoms. The summed E-state index contributed by atoms with van der Waals surface area (Å²) < 4.78 is 0. The molecule has 1 amide bonds. The van der Waals surface area contributed by atoms with Crippen LogP contribution in [0.1, 0.15) is 31.2 Å². The van der Waals surface area contributed by atoms with Crippen LogP contribution < -0.4 is 5.32 Å². The van der Waals surface area contributed by atoms with E-state index >= 15 is 0 Å². The van der Waals surface area contributed by atoms with E-state index in [1.807, 2.05) is 23.2 Å². The number of thioether (sulfide) groups is 1. The van der Waals surface area contributed by atoms with Crippen molar-refractivity contribution in [3.63, 3.8) is 0 Å². The van der Waals surface area contributed by atoms with Crippen molar-refractivity contribution < 1.29 is 4.79 Å². The highest BCUT2D eigenvalue weighted by molar-refractivity contribution is 8.00. The van der Waals surface area contributed by atoms with Gasteiger partial charge in [0.05, 0.1) is 6.42 Å². The maximum atomic E-state index is 12.6. The molecule has 0 bridgehead atoms. The first kappa shape index (κ1) is 18.3. The molecular weight excluding hydrogens is 372 g/mol. The molecular formula is C22H22N2OS2. The van der Waals surface area contributed by atoms with Crippen LogP contribution in [0.3, 0.4) is 0 Å². The third-order valence-electron chi connectivity index (χ3n) is 4.80. The number of amides is 1. The number of hydrogen-bond donors (Lipinski definition) is 1. The van der Waals surface area contributed by atoms with Crippen LogP contribution in [0.2, 0.25) is 0 Å². The lowest BCUT2D eigenvalue weighted by atomic mass is 9.97. The Bertz CT molecular complexity index is 888. The number of carbonyl (C=O) groups excluding carboxylic acids is 1. The highest BCUT2D eigenvalue weighted by Gasteiger charge is 2.20. The number of anilines is 1. The zero-order valence-corrected chi connectivity index (χ0v) is 16.7. The van der Waals surface area contributed by atoms with Gasteiger partial charge in [0.1, 0.15) is 0 Å². The highest BCUT2D eigenvalue weighted by Crippen LogP contribution is 2.41. The van der Waals surface area contributed by atoms with Crippen LogP contribution in [0.15, 0.2) is 65.0 Å². The average Bonchev–Trinajstić information content (AvgIpc) is 3.37. The van der Waals surface area contributed by atoms with Gasteiger partial charge in [-0.15, -0.1) is 23.1 Å². The molecule has 1 saturated carbocycles. The third kappa shape index (κ3) is 4.60. The number of thiazole rings is 1. The van der Waals surface area contributed by atoms with Crippen LogP contribution in [0, 0.1) is 0 Å². The minimum absolute atomic E-state index is 0.0230. The number of benzene rings is 2. The molecule has 0 unspecified atom stereocenters. The van der Waals surface area contributed by atoms with E-state index in [4.69, 9.17) is 0 Å². The van der Waals surface area contributed by atoms with Crippen LogP contribution in [-0.4, -0.2) is 16.1 Å². The van der Waals surface area contributed by atoms with Gasteiger partial charge in [-0.2, -0.15) is 0 Å². The van der Waals surface area contributed by atoms with Gasteiger partial charge in [-0.25, -0.2) is 4.98 Å². The van der Waals surface area contributed by atoms with E-state index in [9.17, 15) is 4.79 Å². The maximum absolute atomic E-state index is 12.6. The predicted octanol–water partition coefficient (Wildman–Crippen LogP) is 6.03. The summed E-state index contributed by atoms with van der Waals surface area (Å²) in [5.74, 6) is -0.0230. The Morgan fingerprint density at radius 1 is 1.11 bits per heavy atom. The van der Waals surface area contributed by atoms with E-state index in [-0.39, 0.29) is 5.91 Å². The van der Waals surface area contributed by atoms with Crippen molar-refractivity contribution >= 4 is 34.1 Å². The topological polar surface area (TPSA) is 42.0 Å². The molecule has 1 fully saturated rings. The van der Waals surface area contributed by atoms with Crippen LogP contribution in [0.4, 0.5) is 5.13 Å². The Morgan fingerprint density at radius 2 is 1.93 bits per heavy atom. The molecule has 0 atom stereocenters. The standard InChI is InChI=1S/C22H22N2OS2/c25-20(24-22-23-13-14-26-22)15-17-9-6-12-19(27-18-10-4-5-11-18)21(17)16-7-2-1-3-8-16/h1-3,6-9,12-14,18H,4-5,10-11,15H2,(H,23,24,25). The van der Waals surface area contributed by atoms with Crippen LogP contribution in [0.25, 0.3) is 11.1 Å². The SMILES string of the molecule is O=C(Cc1cccc(SC2CCCC2)c1-c1ccccc1)Nc1nccs1. The van der Waals surface area contributed by atoms with E-state index in [1.54, 1.807) is 6.20 Å². The molecule has 3 aromatic rings. The summed E-state index contributed by atoms with van der Waals surface area (Å²) in [6.07, 6.45) is 7.28. The number of carbonyl (C=O) groups is 1. The first-order valence-electron chi connectivity index (χ1n) is 9.33. The molecule has 1 aliphatic rings. The lowest BCUT2D eigenvalue weighted by Crippen LogP contribution is -2.15. The molecule has 3 nitrogen and oxygen atoms in total. The highest BCUT2D eigenvalue weighted by atomic mass is 32.2. The van der Waals surface area contributed by atoms with Gasteiger partial charge in [-0.05, 0) is 35.6 Å². The number of aromatic nitrogens is 1. The summed E-state index contributed by atoms with van der Waals surface area (Å²) >= 11 is 3.42. The van der Waals surface area contributed by atoms with E-state index < -0.39 is 0 Å². The Labute approximate surface area is 168 Å². The zero-order valence-electron chi connectivity index (χ0n) is 15.1. The van der Waals surface area contributed by atoms with Crippen LogP contribution in [-0.2, 0) is 11.2 Å². The molecule has 27 heavy (non-hydrogen) atoms. The molecule has 1 aliphatic carbocycles. The van der Waals surface area contributed by atoms with Gasteiger partial charge < -0.3 is 5.32 Å². The first-order chi connectivity index (χ1) is 13.3. The number of nitrogens with one attached hydrogen (secondary N) is 1. The lowest BCUT2D eigenvalue weighted by molar-refractivity contribution is -0.115. The third-order valence-corrected chi connectivity index (χ3v) is 6.89. The summed E-state index contributed by atoms with van der Waals surface area (Å²) in [5, 5.41) is 6.11. The molecule has 2 aromatic carbocycles. The van der Waals surface area contributed by atoms with E-state index in [1.165, 1.54) is 53.0 Å². The smallest absolute Gasteiger partial charge is 0.230 e. The van der Waals surface area contributed by atoms with Crippen molar-refractivity contribution in [1.29, 1.82) is 0 Å². The van der Waals surface area contributed by atoms with Gasteiger partial charge in [0.15, 0.2) is 5.13 Å². The molecule has 138 valence electrons. The minimum atomic E-state index is -0.0230. The summed E-state index contributed by atoms with van der Waals surface area (Å²) in [5.41, 5.74) is 3.44. The zero-order chi connectivity index (χ0) is 18.5. The minimum Gasteiger partial charge on any atom is -0.302 e. The van der Waals surface area contributed by atoms with Gasteiger partial charge in [-0.1, -0.05) is 55.3 Å². The fourth-order valence-electron chi connectivity index (χ4n) is 3.56. The largest absolute Gasteiger partial charge is 0.302 e. The van der Waals surface area contributed by atoms with Crippen molar-refractivity contribution in [2.75, 3.05) is 5.32 Å². The summed E-state index contributed by atoms with van der Waals surface area (Å²) in [6, 6.07) is 16.8. The Kier molecular flexibility index (Phi) is 5.90. The van der Waals surface area contributed by atoms with Gasteiger partial charge in [0.2, 0.25) is 5.91 Å². The first-order valence-corrected chi connectivity index (χ1v) is 11.1. The van der Waals surface area contributed by atoms with E-state index in [0.717, 1.165) is 5.56 Å². The lowest BCUT2D eigenvalue weighted by Gasteiger charge is -2.17.